The molecule has 11 heteroatoms. The third-order valence-corrected chi connectivity index (χ3v) is 4.99. The number of aryl methyl sites for hydroxylation is 1. The Kier molecular flexibility index (Phi) is 5.02. The second-order valence-corrected chi connectivity index (χ2v) is 7.32. The third-order valence-electron chi connectivity index (χ3n) is 4.99. The molecule has 1 atom stereocenters. The summed E-state index contributed by atoms with van der Waals surface area (Å²) in [6.45, 7) is -0.516. The van der Waals surface area contributed by atoms with Crippen molar-refractivity contribution in [2.24, 2.45) is 7.05 Å². The highest BCUT2D eigenvalue weighted by molar-refractivity contribution is 5.98. The quantitative estimate of drug-likeness (QED) is 0.729. The lowest BCUT2D eigenvalue weighted by molar-refractivity contribution is -0.293. The number of amides is 2. The molecule has 4 rings (SSSR count). The molecule has 2 fully saturated rings. The summed E-state index contributed by atoms with van der Waals surface area (Å²) < 4.78 is 54.3. The Morgan fingerprint density at radius 3 is 2.57 bits per heavy atom. The zero-order chi connectivity index (χ0) is 21.5. The number of ether oxygens (including phenoxy) is 2. The predicted molar refractivity (Wildman–Crippen MR) is 97.4 cm³/mol. The summed E-state index contributed by atoms with van der Waals surface area (Å²) in [5.41, 5.74) is -1.42. The fraction of sp³-hybridized carbons (Fsp3) is 0.421. The second kappa shape index (κ2) is 7.40. The van der Waals surface area contributed by atoms with Crippen molar-refractivity contribution in [1.82, 2.24) is 14.7 Å². The van der Waals surface area contributed by atoms with Gasteiger partial charge in [0, 0.05) is 25.5 Å². The number of morpholine rings is 1. The normalized spacial score (nSPS) is 24.2. The maximum Gasteiger partial charge on any atom is 0.437 e. The summed E-state index contributed by atoms with van der Waals surface area (Å²) in [4.78, 5) is 27.3. The van der Waals surface area contributed by atoms with Crippen LogP contribution in [-0.4, -0.2) is 71.1 Å². The molecule has 0 saturated carbocycles. The fourth-order valence-electron chi connectivity index (χ4n) is 3.62. The summed E-state index contributed by atoms with van der Waals surface area (Å²) in [5.74, 6) is -2.59. The lowest BCUT2D eigenvalue weighted by atomic mass is 10.00. The van der Waals surface area contributed by atoms with Gasteiger partial charge in [0.05, 0.1) is 26.3 Å². The largest absolute Gasteiger partial charge is 0.437 e. The van der Waals surface area contributed by atoms with Crippen LogP contribution in [0.5, 0.6) is 0 Å². The van der Waals surface area contributed by atoms with Gasteiger partial charge in [0.15, 0.2) is 0 Å². The Morgan fingerprint density at radius 2 is 1.90 bits per heavy atom. The number of nitrogens with zero attached hydrogens (tertiary/aromatic N) is 4. The van der Waals surface area contributed by atoms with E-state index in [1.54, 1.807) is 13.2 Å². The summed E-state index contributed by atoms with van der Waals surface area (Å²) in [6, 6.07) is 6.13. The van der Waals surface area contributed by atoms with Crippen LogP contribution in [0, 0.1) is 5.82 Å². The smallest absolute Gasteiger partial charge is 0.376 e. The Balaban J connectivity index is 1.65. The van der Waals surface area contributed by atoms with Crippen LogP contribution in [0.4, 0.5) is 18.9 Å². The molecular weight excluding hydrogens is 405 g/mol. The van der Waals surface area contributed by atoms with Crippen LogP contribution in [0.15, 0.2) is 36.5 Å². The van der Waals surface area contributed by atoms with Crippen LogP contribution in [0.3, 0.4) is 0 Å². The highest BCUT2D eigenvalue weighted by atomic mass is 19.3. The fourth-order valence-corrected chi connectivity index (χ4v) is 3.62. The van der Waals surface area contributed by atoms with Crippen molar-refractivity contribution in [1.29, 1.82) is 0 Å². The minimum Gasteiger partial charge on any atom is -0.376 e. The maximum absolute atomic E-state index is 14.6. The van der Waals surface area contributed by atoms with Crippen LogP contribution < -0.4 is 4.90 Å². The molecule has 1 aromatic carbocycles. The molecule has 2 aromatic rings. The first-order chi connectivity index (χ1) is 14.2. The van der Waals surface area contributed by atoms with Gasteiger partial charge in [0.2, 0.25) is 0 Å². The van der Waals surface area contributed by atoms with E-state index >= 15 is 0 Å². The number of hydrogen-bond donors (Lipinski definition) is 0. The van der Waals surface area contributed by atoms with Gasteiger partial charge < -0.3 is 14.5 Å². The van der Waals surface area contributed by atoms with Crippen molar-refractivity contribution in [3.63, 3.8) is 0 Å². The zero-order valence-corrected chi connectivity index (χ0v) is 16.1. The predicted octanol–water partition coefficient (Wildman–Crippen LogP) is 1.43. The average molecular weight is 424 g/mol. The molecule has 0 bridgehead atoms. The van der Waals surface area contributed by atoms with Gasteiger partial charge >= 0.3 is 12.0 Å². The van der Waals surface area contributed by atoms with Crippen LogP contribution in [-0.2, 0) is 21.3 Å². The topological polar surface area (TPSA) is 76.9 Å². The number of halogens is 3. The van der Waals surface area contributed by atoms with Crippen molar-refractivity contribution in [2.75, 3.05) is 37.7 Å². The van der Waals surface area contributed by atoms with Gasteiger partial charge in [-0.1, -0.05) is 0 Å². The molecule has 1 aromatic heterocycles. The average Bonchev–Trinajstić information content (AvgIpc) is 3.03. The van der Waals surface area contributed by atoms with Gasteiger partial charge in [-0.05, 0) is 30.3 Å². The standard InChI is InChI=1S/C19H19F3N4O4/c1-24-7-6-15(23-24)16(27)25-8-9-29-12-18(10-25)11-26(17(28)19(21,22)30-18)14-4-2-13(20)3-5-14/h2-7H,8-12H2,1H3. The molecule has 160 valence electrons. The number of aromatic nitrogens is 2. The minimum atomic E-state index is -4.14. The Hall–Kier alpha value is -2.92. The molecule has 2 amide bonds. The molecule has 1 spiro atoms. The molecule has 0 N–H and O–H groups in total. The monoisotopic (exact) mass is 424 g/mol. The molecule has 8 nitrogen and oxygen atoms in total. The molecule has 30 heavy (non-hydrogen) atoms. The summed E-state index contributed by atoms with van der Waals surface area (Å²) in [6.07, 6.45) is -2.54. The van der Waals surface area contributed by atoms with Crippen molar-refractivity contribution in [3.8, 4) is 0 Å². The first kappa shape index (κ1) is 20.4. The molecule has 2 aliphatic heterocycles. The van der Waals surface area contributed by atoms with E-state index in [1.807, 2.05) is 0 Å². The lowest BCUT2D eigenvalue weighted by Crippen LogP contribution is -2.66. The van der Waals surface area contributed by atoms with E-state index < -0.39 is 29.3 Å². The minimum absolute atomic E-state index is 0.0931. The number of carbonyl (C=O) groups is 2. The van der Waals surface area contributed by atoms with Crippen molar-refractivity contribution >= 4 is 17.5 Å². The van der Waals surface area contributed by atoms with Crippen LogP contribution in [0.2, 0.25) is 0 Å². The summed E-state index contributed by atoms with van der Waals surface area (Å²) in [7, 11) is 1.65. The van der Waals surface area contributed by atoms with Gasteiger partial charge in [-0.25, -0.2) is 4.39 Å². The number of alkyl halides is 2. The van der Waals surface area contributed by atoms with E-state index in [9.17, 15) is 22.8 Å². The number of hydrogen-bond acceptors (Lipinski definition) is 5. The first-order valence-corrected chi connectivity index (χ1v) is 9.21. The van der Waals surface area contributed by atoms with Gasteiger partial charge in [-0.3, -0.25) is 19.0 Å². The van der Waals surface area contributed by atoms with Crippen LogP contribution >= 0.6 is 0 Å². The highest BCUT2D eigenvalue weighted by Crippen LogP contribution is 2.37. The first-order valence-electron chi connectivity index (χ1n) is 9.21. The van der Waals surface area contributed by atoms with E-state index in [0.29, 0.717) is 0 Å². The van der Waals surface area contributed by atoms with Crippen molar-refractivity contribution < 1.29 is 32.2 Å². The van der Waals surface area contributed by atoms with E-state index in [2.05, 4.69) is 5.10 Å². The number of anilines is 1. The molecule has 0 aliphatic carbocycles. The maximum atomic E-state index is 14.6. The Labute approximate surface area is 169 Å². The number of carbonyl (C=O) groups excluding carboxylic acids is 2. The van der Waals surface area contributed by atoms with E-state index in [4.69, 9.17) is 9.47 Å². The molecule has 1 unspecified atom stereocenters. The zero-order valence-electron chi connectivity index (χ0n) is 16.1. The second-order valence-electron chi connectivity index (χ2n) is 7.32. The lowest BCUT2D eigenvalue weighted by Gasteiger charge is -2.45. The Morgan fingerprint density at radius 1 is 1.17 bits per heavy atom. The van der Waals surface area contributed by atoms with Crippen LogP contribution in [0.25, 0.3) is 0 Å². The molecular formula is C19H19F3N4O4. The number of rotatable bonds is 2. The summed E-state index contributed by atoms with van der Waals surface area (Å²) in [5, 5.41) is 4.06. The molecule has 2 saturated heterocycles. The van der Waals surface area contributed by atoms with Crippen LogP contribution in [0.1, 0.15) is 10.5 Å². The molecule has 2 aliphatic rings. The summed E-state index contributed by atoms with van der Waals surface area (Å²) >= 11 is 0. The Bertz CT molecular complexity index is 965. The van der Waals surface area contributed by atoms with Gasteiger partial charge in [0.25, 0.3) is 5.91 Å². The van der Waals surface area contributed by atoms with E-state index in [0.717, 1.165) is 17.0 Å². The van der Waals surface area contributed by atoms with E-state index in [-0.39, 0.29) is 44.2 Å². The van der Waals surface area contributed by atoms with E-state index in [1.165, 1.54) is 27.8 Å². The highest BCUT2D eigenvalue weighted by Gasteiger charge is 2.58. The van der Waals surface area contributed by atoms with Crippen molar-refractivity contribution in [3.05, 3.63) is 48.0 Å². The molecule has 3 heterocycles. The van der Waals surface area contributed by atoms with Crippen molar-refractivity contribution in [2.45, 2.75) is 11.7 Å². The van der Waals surface area contributed by atoms with Gasteiger partial charge in [-0.15, -0.1) is 0 Å². The third kappa shape index (κ3) is 3.77. The molecule has 0 radical (unpaired) electrons. The SMILES string of the molecule is Cn1ccc(C(=O)N2CCOCC3(C2)CN(c2ccc(F)cc2)C(=O)C(F)(F)O3)n1. The van der Waals surface area contributed by atoms with Gasteiger partial charge in [0.1, 0.15) is 17.1 Å². The number of benzene rings is 1. The van der Waals surface area contributed by atoms with Gasteiger partial charge in [-0.2, -0.15) is 13.9 Å².